The molecule has 0 aliphatic carbocycles. The van der Waals surface area contributed by atoms with Gasteiger partial charge in [0.05, 0.1) is 10.9 Å². The quantitative estimate of drug-likeness (QED) is 0.365. The largest absolute Gasteiger partial charge is 0.491 e. The van der Waals surface area contributed by atoms with Gasteiger partial charge < -0.3 is 14.5 Å². The van der Waals surface area contributed by atoms with E-state index >= 15 is 0 Å². The molecule has 1 unspecified atom stereocenters. The van der Waals surface area contributed by atoms with Gasteiger partial charge in [-0.25, -0.2) is 0 Å². The number of nitrogens with zero attached hydrogens (tertiary/aromatic N) is 2. The van der Waals surface area contributed by atoms with Crippen molar-refractivity contribution in [1.82, 2.24) is 9.80 Å². The molecule has 0 spiro atoms. The van der Waals surface area contributed by atoms with Crippen molar-refractivity contribution in [3.8, 4) is 5.75 Å². The predicted octanol–water partition coefficient (Wildman–Crippen LogP) is 6.07. The molecule has 0 bridgehead atoms. The molecule has 0 N–H and O–H groups in total. The number of carbonyl (C=O) groups excluding carboxylic acids is 2. The van der Waals surface area contributed by atoms with Crippen LogP contribution in [0.2, 0.25) is 5.02 Å². The van der Waals surface area contributed by atoms with Crippen LogP contribution in [0.1, 0.15) is 45.6 Å². The summed E-state index contributed by atoms with van der Waals surface area (Å²) in [5.41, 5.74) is 2.08. The van der Waals surface area contributed by atoms with Crippen LogP contribution in [0.15, 0.2) is 47.2 Å². The van der Waals surface area contributed by atoms with Crippen molar-refractivity contribution in [2.75, 3.05) is 26.2 Å². The minimum atomic E-state index is -0.198. The van der Waals surface area contributed by atoms with Crippen molar-refractivity contribution in [3.05, 3.63) is 73.1 Å². The molecule has 8 heteroatoms. The van der Waals surface area contributed by atoms with Crippen molar-refractivity contribution >= 4 is 46.1 Å². The minimum absolute atomic E-state index is 0.0525. The lowest BCUT2D eigenvalue weighted by Gasteiger charge is -2.37. The van der Waals surface area contributed by atoms with Gasteiger partial charge >= 0.3 is 0 Å². The van der Waals surface area contributed by atoms with E-state index in [0.717, 1.165) is 23.3 Å². The van der Waals surface area contributed by atoms with Crippen LogP contribution in [0.25, 0.3) is 0 Å². The van der Waals surface area contributed by atoms with E-state index < -0.39 is 0 Å². The van der Waals surface area contributed by atoms with Crippen molar-refractivity contribution in [3.63, 3.8) is 0 Å². The van der Waals surface area contributed by atoms with Crippen molar-refractivity contribution in [2.45, 2.75) is 33.2 Å². The smallest absolute Gasteiger partial charge is 0.264 e. The second kappa shape index (κ2) is 10.9. The van der Waals surface area contributed by atoms with Crippen LogP contribution in [0.3, 0.4) is 0 Å². The molecule has 34 heavy (non-hydrogen) atoms. The fraction of sp³-hybridized carbons (Fsp3) is 0.385. The SMILES string of the molecule is Cc1cc(OCC2c3ccsc3CCN2C(=O)CN(CC(C)C)C(=O)c2cccs2)ccc1Cl. The molecular weight excluding hydrogens is 488 g/mol. The Morgan fingerprint density at radius 1 is 1.21 bits per heavy atom. The van der Waals surface area contributed by atoms with Crippen molar-refractivity contribution in [2.24, 2.45) is 5.92 Å². The normalized spacial score (nSPS) is 15.3. The van der Waals surface area contributed by atoms with Gasteiger partial charge in [0.25, 0.3) is 5.91 Å². The Labute approximate surface area is 213 Å². The van der Waals surface area contributed by atoms with E-state index in [1.165, 1.54) is 16.2 Å². The van der Waals surface area contributed by atoms with Crippen LogP contribution in [-0.4, -0.2) is 47.9 Å². The molecule has 1 aliphatic rings. The lowest BCUT2D eigenvalue weighted by molar-refractivity contribution is -0.135. The number of aryl methyl sites for hydroxylation is 1. The van der Waals surface area contributed by atoms with E-state index in [0.29, 0.717) is 29.6 Å². The molecule has 0 fully saturated rings. The molecule has 2 aromatic heterocycles. The highest BCUT2D eigenvalue weighted by Crippen LogP contribution is 2.34. The fourth-order valence-corrected chi connectivity index (χ4v) is 5.96. The Hall–Kier alpha value is -2.35. The van der Waals surface area contributed by atoms with Crippen LogP contribution < -0.4 is 4.74 Å². The molecular formula is C26H29ClN2O3S2. The first kappa shape index (κ1) is 24.8. The average molecular weight is 517 g/mol. The number of ether oxygens (including phenoxy) is 1. The number of benzene rings is 1. The summed E-state index contributed by atoms with van der Waals surface area (Å²) in [5.74, 6) is 0.845. The predicted molar refractivity (Wildman–Crippen MR) is 139 cm³/mol. The summed E-state index contributed by atoms with van der Waals surface area (Å²) in [6, 6.07) is 11.2. The van der Waals surface area contributed by atoms with Crippen molar-refractivity contribution in [1.29, 1.82) is 0 Å². The number of hydrogen-bond donors (Lipinski definition) is 0. The minimum Gasteiger partial charge on any atom is -0.491 e. The van der Waals surface area contributed by atoms with Gasteiger partial charge in [0.2, 0.25) is 5.91 Å². The highest BCUT2D eigenvalue weighted by atomic mass is 35.5. The number of halogens is 1. The first-order valence-electron chi connectivity index (χ1n) is 11.4. The summed E-state index contributed by atoms with van der Waals surface area (Å²) in [4.78, 5) is 32.2. The van der Waals surface area contributed by atoms with Crippen LogP contribution in [0, 0.1) is 12.8 Å². The van der Waals surface area contributed by atoms with Gasteiger partial charge in [0.15, 0.2) is 0 Å². The molecule has 4 rings (SSSR count). The molecule has 180 valence electrons. The Morgan fingerprint density at radius 3 is 2.74 bits per heavy atom. The maximum Gasteiger partial charge on any atom is 0.264 e. The van der Waals surface area contributed by atoms with Crippen LogP contribution >= 0.6 is 34.3 Å². The Bertz CT molecular complexity index is 1140. The topological polar surface area (TPSA) is 49.9 Å². The summed E-state index contributed by atoms with van der Waals surface area (Å²) in [7, 11) is 0. The monoisotopic (exact) mass is 516 g/mol. The molecule has 0 radical (unpaired) electrons. The third kappa shape index (κ3) is 5.65. The molecule has 1 aromatic carbocycles. The molecule has 2 amide bonds. The number of hydrogen-bond acceptors (Lipinski definition) is 5. The molecule has 1 atom stereocenters. The number of rotatable bonds is 8. The molecule has 3 heterocycles. The second-order valence-electron chi connectivity index (χ2n) is 8.93. The van der Waals surface area contributed by atoms with Gasteiger partial charge in [0.1, 0.15) is 18.9 Å². The second-order valence-corrected chi connectivity index (χ2v) is 11.3. The van der Waals surface area contributed by atoms with E-state index in [-0.39, 0.29) is 30.3 Å². The van der Waals surface area contributed by atoms with E-state index in [9.17, 15) is 9.59 Å². The lowest BCUT2D eigenvalue weighted by Crippen LogP contribution is -2.48. The summed E-state index contributed by atoms with van der Waals surface area (Å²) >= 11 is 9.28. The highest BCUT2D eigenvalue weighted by molar-refractivity contribution is 7.12. The molecule has 3 aromatic rings. The maximum absolute atomic E-state index is 13.6. The van der Waals surface area contributed by atoms with Gasteiger partial charge in [-0.15, -0.1) is 22.7 Å². The summed E-state index contributed by atoms with van der Waals surface area (Å²) in [6.07, 6.45) is 0.818. The van der Waals surface area contributed by atoms with E-state index in [4.69, 9.17) is 16.3 Å². The van der Waals surface area contributed by atoms with Gasteiger partial charge in [-0.05, 0) is 71.5 Å². The Balaban J connectivity index is 1.53. The number of fused-ring (bicyclic) bond motifs is 1. The number of carbonyl (C=O) groups is 2. The third-order valence-electron chi connectivity index (χ3n) is 5.88. The zero-order valence-corrected chi connectivity index (χ0v) is 22.0. The van der Waals surface area contributed by atoms with Crippen LogP contribution in [-0.2, 0) is 11.2 Å². The molecule has 5 nitrogen and oxygen atoms in total. The van der Waals surface area contributed by atoms with E-state index in [2.05, 4.69) is 25.3 Å². The first-order valence-corrected chi connectivity index (χ1v) is 13.5. The van der Waals surface area contributed by atoms with Gasteiger partial charge in [-0.1, -0.05) is 31.5 Å². The average Bonchev–Trinajstić information content (AvgIpc) is 3.50. The van der Waals surface area contributed by atoms with Crippen LogP contribution in [0.5, 0.6) is 5.75 Å². The zero-order chi connectivity index (χ0) is 24.2. The number of thiophene rings is 2. The Kier molecular flexibility index (Phi) is 7.96. The lowest BCUT2D eigenvalue weighted by atomic mass is 10.00. The summed E-state index contributed by atoms with van der Waals surface area (Å²) in [5, 5.41) is 4.66. The van der Waals surface area contributed by atoms with Crippen molar-refractivity contribution < 1.29 is 14.3 Å². The molecule has 0 saturated carbocycles. The zero-order valence-electron chi connectivity index (χ0n) is 19.6. The van der Waals surface area contributed by atoms with Crippen LogP contribution in [0.4, 0.5) is 0 Å². The highest BCUT2D eigenvalue weighted by Gasteiger charge is 2.34. The maximum atomic E-state index is 13.6. The van der Waals surface area contributed by atoms with E-state index in [1.807, 2.05) is 47.5 Å². The molecule has 0 saturated heterocycles. The third-order valence-corrected chi connectivity index (χ3v) is 8.16. The summed E-state index contributed by atoms with van der Waals surface area (Å²) in [6.45, 7) is 7.61. The van der Waals surface area contributed by atoms with E-state index in [1.54, 1.807) is 16.2 Å². The fourth-order valence-electron chi connectivity index (χ4n) is 4.23. The van der Waals surface area contributed by atoms with Gasteiger partial charge in [0, 0.05) is 23.0 Å². The number of amides is 2. The first-order chi connectivity index (χ1) is 16.3. The Morgan fingerprint density at radius 2 is 2.03 bits per heavy atom. The summed E-state index contributed by atoms with van der Waals surface area (Å²) < 4.78 is 6.14. The standard InChI is InChI=1S/C26H29ClN2O3S2/c1-17(2)14-28(26(31)24-5-4-11-33-24)15-25(30)29-10-8-23-20(9-12-34-23)22(29)16-32-19-6-7-21(27)18(3)13-19/h4-7,9,11-13,17,22H,8,10,14-16H2,1-3H3. The molecule has 1 aliphatic heterocycles. The van der Waals surface area contributed by atoms with Gasteiger partial charge in [-0.3, -0.25) is 9.59 Å². The van der Waals surface area contributed by atoms with Gasteiger partial charge in [-0.2, -0.15) is 0 Å².